The molecule has 0 unspecified atom stereocenters. The molecule has 0 aliphatic heterocycles. The summed E-state index contributed by atoms with van der Waals surface area (Å²) in [5.41, 5.74) is 13.8. The van der Waals surface area contributed by atoms with Gasteiger partial charge in [0, 0.05) is 19.3 Å². The van der Waals surface area contributed by atoms with Crippen molar-refractivity contribution in [2.24, 2.45) is 0 Å². The van der Waals surface area contributed by atoms with Gasteiger partial charge in [0.25, 0.3) is 0 Å². The molecule has 2 N–H and O–H groups in total. The van der Waals surface area contributed by atoms with Crippen LogP contribution in [0.15, 0.2) is 60.7 Å². The van der Waals surface area contributed by atoms with Gasteiger partial charge in [-0.25, -0.2) is 0 Å². The van der Waals surface area contributed by atoms with Gasteiger partial charge in [-0.2, -0.15) is 0 Å². The van der Waals surface area contributed by atoms with Gasteiger partial charge in [-0.1, -0.05) is 76.9 Å². The van der Waals surface area contributed by atoms with E-state index in [1.807, 2.05) is 13.0 Å². The molecule has 0 radical (unpaired) electrons. The summed E-state index contributed by atoms with van der Waals surface area (Å²) in [5, 5.41) is 21.7. The Labute approximate surface area is 209 Å². The van der Waals surface area contributed by atoms with Crippen LogP contribution in [0.3, 0.4) is 0 Å². The van der Waals surface area contributed by atoms with E-state index >= 15 is 0 Å². The quantitative estimate of drug-likeness (QED) is 0.307. The van der Waals surface area contributed by atoms with Gasteiger partial charge in [-0.05, 0) is 92.1 Å². The molecule has 0 aliphatic carbocycles. The number of hydrogen-bond acceptors (Lipinski definition) is 2. The lowest BCUT2D eigenvalue weighted by molar-refractivity contribution is 0.463. The Morgan fingerprint density at radius 1 is 0.457 bits per heavy atom. The summed E-state index contributed by atoms with van der Waals surface area (Å²) < 4.78 is 0. The highest BCUT2D eigenvalue weighted by Gasteiger charge is 2.15. The largest absolute Gasteiger partial charge is 0.508 e. The molecule has 0 amide bonds. The predicted molar refractivity (Wildman–Crippen MR) is 146 cm³/mol. The molecule has 2 heteroatoms. The third kappa shape index (κ3) is 5.59. The van der Waals surface area contributed by atoms with Gasteiger partial charge in [0.2, 0.25) is 0 Å². The van der Waals surface area contributed by atoms with Crippen LogP contribution in [0.4, 0.5) is 0 Å². The first-order chi connectivity index (χ1) is 16.6. The normalized spacial score (nSPS) is 11.1. The highest BCUT2D eigenvalue weighted by molar-refractivity contribution is 5.51. The highest BCUT2D eigenvalue weighted by Crippen LogP contribution is 2.32. The summed E-state index contributed by atoms with van der Waals surface area (Å²) in [6.45, 7) is 12.7. The minimum atomic E-state index is 0.338. The fourth-order valence-electron chi connectivity index (χ4n) is 5.05. The van der Waals surface area contributed by atoms with Crippen molar-refractivity contribution in [3.8, 4) is 11.5 Å². The molecule has 35 heavy (non-hydrogen) atoms. The van der Waals surface area contributed by atoms with Crippen molar-refractivity contribution in [3.05, 3.63) is 127 Å². The lowest BCUT2D eigenvalue weighted by Crippen LogP contribution is -2.02. The van der Waals surface area contributed by atoms with Gasteiger partial charge in [-0.15, -0.1) is 0 Å². The van der Waals surface area contributed by atoms with Gasteiger partial charge >= 0.3 is 0 Å². The number of aryl methyl sites for hydroxylation is 5. The van der Waals surface area contributed by atoms with E-state index in [9.17, 15) is 10.2 Å². The van der Waals surface area contributed by atoms with Crippen molar-refractivity contribution in [2.45, 2.75) is 60.8 Å². The maximum Gasteiger partial charge on any atom is 0.122 e. The first-order valence-electron chi connectivity index (χ1n) is 12.4. The molecular formula is C33H36O2. The van der Waals surface area contributed by atoms with E-state index in [0.29, 0.717) is 24.3 Å². The number of benzene rings is 4. The van der Waals surface area contributed by atoms with E-state index in [2.05, 4.69) is 83.1 Å². The molecule has 4 rings (SSSR count). The third-order valence-electron chi connectivity index (χ3n) is 7.06. The Bertz CT molecular complexity index is 1290. The Balaban J connectivity index is 1.68. The zero-order chi connectivity index (χ0) is 25.3. The second-order valence-corrected chi connectivity index (χ2v) is 10.2. The van der Waals surface area contributed by atoms with Crippen molar-refractivity contribution in [1.29, 1.82) is 0 Å². The number of hydrogen-bond donors (Lipinski definition) is 2. The van der Waals surface area contributed by atoms with Crippen molar-refractivity contribution >= 4 is 0 Å². The smallest absolute Gasteiger partial charge is 0.122 e. The number of rotatable bonds is 6. The monoisotopic (exact) mass is 464 g/mol. The first kappa shape index (κ1) is 24.6. The fraction of sp³-hybridized carbons (Fsp3) is 0.273. The molecule has 180 valence electrons. The van der Waals surface area contributed by atoms with Crippen LogP contribution in [-0.4, -0.2) is 10.2 Å². The van der Waals surface area contributed by atoms with E-state index in [1.54, 1.807) is 6.07 Å². The van der Waals surface area contributed by atoms with Gasteiger partial charge < -0.3 is 10.2 Å². The molecule has 4 aromatic carbocycles. The topological polar surface area (TPSA) is 40.5 Å². The van der Waals surface area contributed by atoms with Gasteiger partial charge in [-0.3, -0.25) is 0 Å². The minimum absolute atomic E-state index is 0.338. The van der Waals surface area contributed by atoms with E-state index in [4.69, 9.17) is 0 Å². The van der Waals surface area contributed by atoms with Crippen LogP contribution in [-0.2, 0) is 19.3 Å². The first-order valence-corrected chi connectivity index (χ1v) is 12.4. The lowest BCUT2D eigenvalue weighted by Gasteiger charge is -2.17. The maximum atomic E-state index is 11.3. The molecule has 2 nitrogen and oxygen atoms in total. The van der Waals surface area contributed by atoms with Crippen LogP contribution in [0.25, 0.3) is 0 Å². The molecule has 4 aromatic rings. The number of aromatic hydroxyl groups is 2. The molecule has 0 bridgehead atoms. The Morgan fingerprint density at radius 2 is 0.886 bits per heavy atom. The Hall–Kier alpha value is -3.52. The van der Waals surface area contributed by atoms with E-state index in [0.717, 1.165) is 34.2 Å². The van der Waals surface area contributed by atoms with Crippen LogP contribution < -0.4 is 0 Å². The number of phenolic OH excluding ortho intramolecular Hbond substituents is 2. The molecule has 0 heterocycles. The summed E-state index contributed by atoms with van der Waals surface area (Å²) in [6.07, 6.45) is 2.08. The standard InChI is InChI=1S/C33H36O2/c1-20-7-9-24(5)26(11-20)17-30-15-23(4)16-31(33(30)35)19-28-14-22(3)13-27(25(28)6)18-29-12-21(2)8-10-32(29)34/h7-16,34-35H,17-19H2,1-6H3. The highest BCUT2D eigenvalue weighted by atomic mass is 16.3. The van der Waals surface area contributed by atoms with Gasteiger partial charge in [0.05, 0.1) is 0 Å². The van der Waals surface area contributed by atoms with Crippen LogP contribution in [0.5, 0.6) is 11.5 Å². The zero-order valence-electron chi connectivity index (χ0n) is 21.8. The summed E-state index contributed by atoms with van der Waals surface area (Å²) in [5.74, 6) is 0.737. The molecule has 0 fully saturated rings. The van der Waals surface area contributed by atoms with Crippen molar-refractivity contribution in [3.63, 3.8) is 0 Å². The average molecular weight is 465 g/mol. The van der Waals surface area contributed by atoms with Crippen molar-refractivity contribution in [2.75, 3.05) is 0 Å². The molecule has 0 atom stereocenters. The SMILES string of the molecule is Cc1ccc(C)c(Cc2cc(C)cc(Cc3cc(C)cc(Cc4cc(C)ccc4O)c3C)c2O)c1. The molecular weight excluding hydrogens is 428 g/mol. The summed E-state index contributed by atoms with van der Waals surface area (Å²) in [7, 11) is 0. The van der Waals surface area contributed by atoms with Gasteiger partial charge in [0.1, 0.15) is 11.5 Å². The van der Waals surface area contributed by atoms with Crippen molar-refractivity contribution in [1.82, 2.24) is 0 Å². The van der Waals surface area contributed by atoms with Crippen molar-refractivity contribution < 1.29 is 10.2 Å². The summed E-state index contributed by atoms with van der Waals surface area (Å²) in [4.78, 5) is 0. The summed E-state index contributed by atoms with van der Waals surface area (Å²) in [6, 6.07) is 20.9. The Morgan fingerprint density at radius 3 is 1.49 bits per heavy atom. The average Bonchev–Trinajstić information content (AvgIpc) is 2.79. The van der Waals surface area contributed by atoms with Crippen LogP contribution >= 0.6 is 0 Å². The molecule has 0 saturated heterocycles. The molecule has 0 aliphatic rings. The fourth-order valence-corrected chi connectivity index (χ4v) is 5.05. The lowest BCUT2D eigenvalue weighted by atomic mass is 9.89. The van der Waals surface area contributed by atoms with Crippen LogP contribution in [0.1, 0.15) is 66.8 Å². The Kier molecular flexibility index (Phi) is 7.03. The third-order valence-corrected chi connectivity index (χ3v) is 7.06. The minimum Gasteiger partial charge on any atom is -0.508 e. The van der Waals surface area contributed by atoms with Gasteiger partial charge in [0.15, 0.2) is 0 Å². The second-order valence-electron chi connectivity index (χ2n) is 10.2. The van der Waals surface area contributed by atoms with E-state index in [-0.39, 0.29) is 0 Å². The summed E-state index contributed by atoms with van der Waals surface area (Å²) >= 11 is 0. The molecule has 0 aromatic heterocycles. The van der Waals surface area contributed by atoms with E-state index < -0.39 is 0 Å². The zero-order valence-corrected chi connectivity index (χ0v) is 21.8. The molecule has 0 saturated carbocycles. The number of phenols is 2. The van der Waals surface area contributed by atoms with Crippen LogP contribution in [0.2, 0.25) is 0 Å². The molecule has 0 spiro atoms. The second kappa shape index (κ2) is 10.00. The van der Waals surface area contributed by atoms with E-state index in [1.165, 1.54) is 38.9 Å². The van der Waals surface area contributed by atoms with Crippen LogP contribution in [0, 0.1) is 41.5 Å². The maximum absolute atomic E-state index is 11.3. The predicted octanol–water partition coefficient (Wildman–Crippen LogP) is 7.72.